The van der Waals surface area contributed by atoms with Crippen molar-refractivity contribution in [2.75, 3.05) is 46.4 Å². The summed E-state index contributed by atoms with van der Waals surface area (Å²) in [6.45, 7) is 19.3. The molecule has 0 atom stereocenters. The van der Waals surface area contributed by atoms with Crippen LogP contribution in [0.2, 0.25) is 0 Å². The molecule has 0 aliphatic rings. The molecule has 0 saturated heterocycles. The Morgan fingerprint density at radius 1 is 0.694 bits per heavy atom. The fraction of sp³-hybridized carbons (Fsp3) is 0.885. The van der Waals surface area contributed by atoms with E-state index in [9.17, 15) is 9.59 Å². The Morgan fingerprint density at radius 2 is 1.06 bits per heavy atom. The molecule has 0 radical (unpaired) electrons. The number of ether oxygens (including phenoxy) is 1. The van der Waals surface area contributed by atoms with Crippen molar-refractivity contribution in [3.05, 3.63) is 0 Å². The van der Waals surface area contributed by atoms with Crippen molar-refractivity contribution in [1.29, 1.82) is 0 Å². The van der Waals surface area contributed by atoms with E-state index in [0.717, 1.165) is 45.6 Å². The molecule has 0 rings (SSSR count). The van der Waals surface area contributed by atoms with Crippen molar-refractivity contribution in [1.82, 2.24) is 10.6 Å². The number of unbranched alkanes of at least 4 members (excludes halogenated alkanes) is 3. The quantitative estimate of drug-likeness (QED) is 0.147. The van der Waals surface area contributed by atoms with Gasteiger partial charge in [0.2, 0.25) is 12.3 Å². The predicted octanol–water partition coefficient (Wildman–Crippen LogP) is 3.05. The van der Waals surface area contributed by atoms with E-state index in [0.29, 0.717) is 25.8 Å². The van der Waals surface area contributed by atoms with Crippen LogP contribution in [0.5, 0.6) is 0 Å². The highest BCUT2D eigenvalue weighted by molar-refractivity contribution is 5.75. The van der Waals surface area contributed by atoms with Crippen LogP contribution in [0.25, 0.3) is 0 Å². The summed E-state index contributed by atoms with van der Waals surface area (Å²) < 4.78 is 3.86. The van der Waals surface area contributed by atoms with E-state index in [1.165, 1.54) is 45.6 Å². The molecule has 2 amide bonds. The van der Waals surface area contributed by atoms with Crippen molar-refractivity contribution in [3.8, 4) is 0 Å². The van der Waals surface area contributed by atoms with Gasteiger partial charge in [-0.2, -0.15) is 0 Å². The van der Waals surface area contributed by atoms with E-state index >= 15 is 0 Å². The van der Waals surface area contributed by atoms with E-state index in [1.54, 1.807) is 0 Å². The zero-order chi connectivity index (χ0) is 29.7. The van der Waals surface area contributed by atoms with Crippen LogP contribution in [0.3, 0.4) is 0 Å². The van der Waals surface area contributed by atoms with Crippen molar-refractivity contribution in [2.24, 2.45) is 22.9 Å². The summed E-state index contributed by atoms with van der Waals surface area (Å²) in [5.74, 6) is 0.0550. The molecule has 0 aliphatic carbocycles. The fourth-order valence-electron chi connectivity index (χ4n) is 1.30. The Bertz CT molecular complexity index is 307. The van der Waals surface area contributed by atoms with Crippen LogP contribution in [0.4, 0.5) is 0 Å². The number of carbonyl (C=O) groups is 3. The van der Waals surface area contributed by atoms with Gasteiger partial charge < -0.3 is 38.3 Å². The molecule has 10 heteroatoms. The Kier molecular flexibility index (Phi) is 108. The normalized spacial score (nSPS) is 7.78. The monoisotopic (exact) mass is 527 g/mol. The summed E-state index contributed by atoms with van der Waals surface area (Å²) in [6, 6.07) is 0. The van der Waals surface area contributed by atoms with Crippen molar-refractivity contribution < 1.29 is 19.1 Å². The largest absolute Gasteiger partial charge is 0.471 e. The maximum absolute atomic E-state index is 10.6. The van der Waals surface area contributed by atoms with E-state index in [1.807, 2.05) is 27.7 Å². The minimum Gasteiger partial charge on any atom is -0.471 e. The molecule has 0 aliphatic heterocycles. The summed E-state index contributed by atoms with van der Waals surface area (Å²) in [6.07, 6.45) is 10.3. The van der Waals surface area contributed by atoms with E-state index < -0.39 is 0 Å². The maximum atomic E-state index is 10.6. The zero-order valence-electron chi connectivity index (χ0n) is 25.2. The van der Waals surface area contributed by atoms with Gasteiger partial charge in [0.1, 0.15) is 0 Å². The molecule has 0 heterocycles. The first kappa shape index (κ1) is 51.0. The van der Waals surface area contributed by atoms with E-state index in [2.05, 4.69) is 36.1 Å². The maximum Gasteiger partial charge on any atom is 0.292 e. The number of hydrogen-bond acceptors (Lipinski definition) is 8. The Hall–Kier alpha value is -1.75. The predicted molar refractivity (Wildman–Crippen MR) is 158 cm³/mol. The van der Waals surface area contributed by atoms with Gasteiger partial charge in [-0.15, -0.1) is 0 Å². The molecule has 10 nitrogen and oxygen atoms in total. The molecule has 0 bridgehead atoms. The standard InChI is InChI=1S/C6H14N2O.C4H9NO.3C4H11N.C2H4O2.C2H6/c1-2-5-8-6(9)3-4-7;1-2-3-5-4-6;3*1-2-3-4-5;1-4-2-3;1-2/h2-5,7H2,1H3,(H,8,9);4H,2-3H2,1H3,(H,5,6);3*2-5H2,1H3;2H,1H3;1-2H3. The summed E-state index contributed by atoms with van der Waals surface area (Å²) in [4.78, 5) is 29.0. The minimum atomic E-state index is 0.0550. The van der Waals surface area contributed by atoms with Gasteiger partial charge in [-0.1, -0.05) is 67.7 Å². The van der Waals surface area contributed by atoms with Gasteiger partial charge in [0.25, 0.3) is 6.47 Å². The topological polar surface area (TPSA) is 189 Å². The van der Waals surface area contributed by atoms with Crippen LogP contribution in [0, 0.1) is 0 Å². The van der Waals surface area contributed by atoms with Gasteiger partial charge in [0.15, 0.2) is 0 Å². The molecule has 0 spiro atoms. The fourth-order valence-corrected chi connectivity index (χ4v) is 1.30. The third-order valence-corrected chi connectivity index (χ3v) is 3.19. The molecule has 0 aromatic carbocycles. The summed E-state index contributed by atoms with van der Waals surface area (Å²) >= 11 is 0. The van der Waals surface area contributed by atoms with Crippen LogP contribution in [-0.4, -0.2) is 65.2 Å². The van der Waals surface area contributed by atoms with Crippen LogP contribution < -0.4 is 33.6 Å². The molecular weight excluding hydrogens is 460 g/mol. The zero-order valence-corrected chi connectivity index (χ0v) is 25.2. The molecule has 36 heavy (non-hydrogen) atoms. The number of methoxy groups -OCH3 is 1. The van der Waals surface area contributed by atoms with E-state index in [4.69, 9.17) is 27.7 Å². The molecule has 10 N–H and O–H groups in total. The molecular formula is C26H66N6O4. The Labute approximate surface area is 224 Å². The second-order valence-electron chi connectivity index (χ2n) is 6.72. The first-order valence-corrected chi connectivity index (χ1v) is 13.6. The third-order valence-electron chi connectivity index (χ3n) is 3.19. The Morgan fingerprint density at radius 3 is 1.19 bits per heavy atom. The first-order valence-electron chi connectivity index (χ1n) is 13.6. The minimum absolute atomic E-state index is 0.0550. The van der Waals surface area contributed by atoms with Crippen molar-refractivity contribution in [2.45, 2.75) is 106 Å². The molecule has 0 saturated carbocycles. The van der Waals surface area contributed by atoms with Gasteiger partial charge in [0, 0.05) is 26.1 Å². The second kappa shape index (κ2) is 76.6. The van der Waals surface area contributed by atoms with Crippen LogP contribution >= 0.6 is 0 Å². The number of amides is 2. The third kappa shape index (κ3) is 135. The number of carbonyl (C=O) groups excluding carboxylic acids is 3. The Balaban J connectivity index is -0.0000000564. The average Bonchev–Trinajstić information content (AvgIpc) is 2.90. The van der Waals surface area contributed by atoms with Gasteiger partial charge in [-0.3, -0.25) is 14.4 Å². The molecule has 224 valence electrons. The average molecular weight is 527 g/mol. The van der Waals surface area contributed by atoms with Gasteiger partial charge in [0.05, 0.1) is 7.11 Å². The summed E-state index contributed by atoms with van der Waals surface area (Å²) in [7, 11) is 1.31. The lowest BCUT2D eigenvalue weighted by atomic mass is 10.3. The van der Waals surface area contributed by atoms with Gasteiger partial charge in [-0.25, -0.2) is 0 Å². The number of hydrogen-bond donors (Lipinski definition) is 6. The van der Waals surface area contributed by atoms with Gasteiger partial charge in [-0.05, 0) is 51.7 Å². The lowest BCUT2D eigenvalue weighted by Crippen LogP contribution is -2.25. The molecule has 0 aromatic rings. The first-order chi connectivity index (χ1) is 17.4. The highest BCUT2D eigenvalue weighted by Crippen LogP contribution is 1.78. The number of nitrogens with one attached hydrogen (secondary N) is 2. The highest BCUT2D eigenvalue weighted by Gasteiger charge is 1.94. The van der Waals surface area contributed by atoms with Crippen molar-refractivity contribution in [3.63, 3.8) is 0 Å². The lowest BCUT2D eigenvalue weighted by Gasteiger charge is -1.99. The summed E-state index contributed by atoms with van der Waals surface area (Å²) in [5, 5.41) is 5.23. The molecule has 0 fully saturated rings. The van der Waals surface area contributed by atoms with Crippen molar-refractivity contribution >= 4 is 18.8 Å². The SMILES string of the molecule is CC.CCCCN.CCCCN.CCCCN.CCCNC(=O)CCN.CCCNC=O.COC=O. The molecule has 0 unspecified atom stereocenters. The number of rotatable bonds is 14. The van der Waals surface area contributed by atoms with Gasteiger partial charge >= 0.3 is 0 Å². The van der Waals surface area contributed by atoms with Crippen LogP contribution in [0.15, 0.2) is 0 Å². The number of nitrogens with two attached hydrogens (primary N) is 4. The molecule has 0 aromatic heterocycles. The summed E-state index contributed by atoms with van der Waals surface area (Å²) in [5.41, 5.74) is 20.6. The second-order valence-corrected chi connectivity index (χ2v) is 6.72. The lowest BCUT2D eigenvalue weighted by molar-refractivity contribution is -0.126. The van der Waals surface area contributed by atoms with Crippen LogP contribution in [0.1, 0.15) is 106 Å². The van der Waals surface area contributed by atoms with Crippen LogP contribution in [-0.2, 0) is 19.1 Å². The van der Waals surface area contributed by atoms with E-state index in [-0.39, 0.29) is 5.91 Å². The highest BCUT2D eigenvalue weighted by atomic mass is 16.5. The smallest absolute Gasteiger partial charge is 0.292 e.